The van der Waals surface area contributed by atoms with Gasteiger partial charge in [-0.2, -0.15) is 0 Å². The van der Waals surface area contributed by atoms with Crippen molar-refractivity contribution in [3.05, 3.63) is 24.3 Å². The van der Waals surface area contributed by atoms with E-state index in [2.05, 4.69) is 38.1 Å². The van der Waals surface area contributed by atoms with Crippen LogP contribution in [0.4, 0.5) is 0 Å². The van der Waals surface area contributed by atoms with Gasteiger partial charge in [0, 0.05) is 0 Å². The SMILES string of the molecule is CCCCCCCCCOc1ccc(OCCCC2CCC(CCCCCCC)CC2)cc1. The quantitative estimate of drug-likeness (QED) is 0.181. The van der Waals surface area contributed by atoms with Crippen molar-refractivity contribution < 1.29 is 9.47 Å². The second-order valence-electron chi connectivity index (χ2n) is 10.5. The summed E-state index contributed by atoms with van der Waals surface area (Å²) in [6.45, 7) is 6.24. The molecule has 0 aromatic heterocycles. The maximum atomic E-state index is 5.99. The third-order valence-corrected chi connectivity index (χ3v) is 7.55. The minimum Gasteiger partial charge on any atom is -0.494 e. The Hall–Kier alpha value is -1.18. The topological polar surface area (TPSA) is 18.5 Å². The molecule has 1 aliphatic rings. The summed E-state index contributed by atoms with van der Waals surface area (Å²) < 4.78 is 11.9. The zero-order valence-corrected chi connectivity index (χ0v) is 22.1. The number of unbranched alkanes of at least 4 members (excludes halogenated alkanes) is 10. The lowest BCUT2D eigenvalue weighted by Gasteiger charge is -2.28. The maximum Gasteiger partial charge on any atom is 0.119 e. The van der Waals surface area contributed by atoms with Crippen LogP contribution in [0.25, 0.3) is 0 Å². The van der Waals surface area contributed by atoms with E-state index in [1.807, 2.05) is 0 Å². The van der Waals surface area contributed by atoms with Crippen LogP contribution in [0.5, 0.6) is 11.5 Å². The van der Waals surface area contributed by atoms with E-state index in [4.69, 9.17) is 9.47 Å². The molecule has 0 bridgehead atoms. The molecule has 0 aliphatic heterocycles. The van der Waals surface area contributed by atoms with Crippen molar-refractivity contribution in [2.45, 2.75) is 136 Å². The van der Waals surface area contributed by atoms with Crippen molar-refractivity contribution in [2.24, 2.45) is 11.8 Å². The van der Waals surface area contributed by atoms with Gasteiger partial charge in [0.25, 0.3) is 0 Å². The molecule has 1 fully saturated rings. The number of ether oxygens (including phenoxy) is 2. The molecule has 2 heteroatoms. The molecule has 0 saturated heterocycles. The van der Waals surface area contributed by atoms with E-state index < -0.39 is 0 Å². The summed E-state index contributed by atoms with van der Waals surface area (Å²) in [5.74, 6) is 3.90. The highest BCUT2D eigenvalue weighted by atomic mass is 16.5. The second-order valence-corrected chi connectivity index (χ2v) is 10.5. The lowest BCUT2D eigenvalue weighted by Crippen LogP contribution is -2.15. The van der Waals surface area contributed by atoms with Gasteiger partial charge < -0.3 is 9.47 Å². The van der Waals surface area contributed by atoms with E-state index in [-0.39, 0.29) is 0 Å². The van der Waals surface area contributed by atoms with Crippen LogP contribution >= 0.6 is 0 Å². The van der Waals surface area contributed by atoms with Gasteiger partial charge in [-0.05, 0) is 55.4 Å². The Bertz CT molecular complexity index is 545. The summed E-state index contributed by atoms with van der Waals surface area (Å²) in [5, 5.41) is 0. The average molecular weight is 459 g/mol. The largest absolute Gasteiger partial charge is 0.494 e. The van der Waals surface area contributed by atoms with E-state index in [0.717, 1.165) is 43.0 Å². The molecule has 1 aliphatic carbocycles. The predicted molar refractivity (Wildman–Crippen MR) is 143 cm³/mol. The lowest BCUT2D eigenvalue weighted by molar-refractivity contribution is 0.228. The van der Waals surface area contributed by atoms with Gasteiger partial charge in [0.05, 0.1) is 13.2 Å². The van der Waals surface area contributed by atoms with Gasteiger partial charge in [-0.25, -0.2) is 0 Å². The van der Waals surface area contributed by atoms with Gasteiger partial charge in [0.1, 0.15) is 11.5 Å². The lowest BCUT2D eigenvalue weighted by atomic mass is 9.78. The molecule has 0 heterocycles. The molecule has 2 nitrogen and oxygen atoms in total. The highest BCUT2D eigenvalue weighted by Crippen LogP contribution is 2.34. The number of hydrogen-bond donors (Lipinski definition) is 0. The van der Waals surface area contributed by atoms with Gasteiger partial charge in [-0.1, -0.05) is 117 Å². The Morgan fingerprint density at radius 3 is 1.42 bits per heavy atom. The van der Waals surface area contributed by atoms with Crippen LogP contribution in [-0.4, -0.2) is 13.2 Å². The number of hydrogen-bond acceptors (Lipinski definition) is 2. The summed E-state index contributed by atoms with van der Waals surface area (Å²) in [5.41, 5.74) is 0. The molecule has 1 saturated carbocycles. The summed E-state index contributed by atoms with van der Waals surface area (Å²) in [6.07, 6.45) is 26.2. The van der Waals surface area contributed by atoms with Crippen molar-refractivity contribution >= 4 is 0 Å². The van der Waals surface area contributed by atoms with Crippen molar-refractivity contribution in [1.82, 2.24) is 0 Å². The molecule has 0 amide bonds. The predicted octanol–water partition coefficient (Wildman–Crippen LogP) is 10.1. The highest BCUT2D eigenvalue weighted by molar-refractivity contribution is 5.31. The fourth-order valence-corrected chi connectivity index (χ4v) is 5.29. The molecular weight excluding hydrogens is 404 g/mol. The van der Waals surface area contributed by atoms with E-state index >= 15 is 0 Å². The van der Waals surface area contributed by atoms with E-state index in [9.17, 15) is 0 Å². The molecule has 1 aromatic rings. The van der Waals surface area contributed by atoms with Crippen molar-refractivity contribution in [1.29, 1.82) is 0 Å². The van der Waals surface area contributed by atoms with Crippen LogP contribution in [0.15, 0.2) is 24.3 Å². The number of benzene rings is 1. The molecule has 1 aromatic carbocycles. The van der Waals surface area contributed by atoms with E-state index in [1.54, 1.807) is 0 Å². The highest BCUT2D eigenvalue weighted by Gasteiger charge is 2.20. The van der Waals surface area contributed by atoms with Crippen molar-refractivity contribution in [3.63, 3.8) is 0 Å². The molecule has 0 atom stereocenters. The second kappa shape index (κ2) is 19.2. The molecule has 2 rings (SSSR count). The zero-order valence-electron chi connectivity index (χ0n) is 22.1. The minimum absolute atomic E-state index is 0.828. The van der Waals surface area contributed by atoms with Gasteiger partial charge in [0.15, 0.2) is 0 Å². The Morgan fingerprint density at radius 2 is 0.909 bits per heavy atom. The maximum absolute atomic E-state index is 5.99. The van der Waals surface area contributed by atoms with Crippen LogP contribution in [0.1, 0.15) is 136 Å². The fourth-order valence-electron chi connectivity index (χ4n) is 5.29. The first-order valence-corrected chi connectivity index (χ1v) is 14.7. The Morgan fingerprint density at radius 1 is 0.515 bits per heavy atom. The molecule has 0 unspecified atom stereocenters. The molecule has 190 valence electrons. The summed E-state index contributed by atoms with van der Waals surface area (Å²) in [7, 11) is 0. The standard InChI is InChI=1S/C31H54O2/c1-3-5-7-9-10-12-14-26-32-30-22-24-31(25-23-30)33-27-15-17-29-20-18-28(19-21-29)16-13-11-8-6-4-2/h22-25,28-29H,3-21,26-27H2,1-2H3. The summed E-state index contributed by atoms with van der Waals surface area (Å²) in [4.78, 5) is 0. The first kappa shape index (κ1) is 28.1. The zero-order chi connectivity index (χ0) is 23.4. The normalized spacial score (nSPS) is 18.4. The Kier molecular flexibility index (Phi) is 16.3. The minimum atomic E-state index is 0.828. The van der Waals surface area contributed by atoms with Crippen LogP contribution in [0.3, 0.4) is 0 Å². The van der Waals surface area contributed by atoms with Gasteiger partial charge >= 0.3 is 0 Å². The van der Waals surface area contributed by atoms with Crippen molar-refractivity contribution in [3.8, 4) is 11.5 Å². The third-order valence-electron chi connectivity index (χ3n) is 7.55. The van der Waals surface area contributed by atoms with Gasteiger partial charge in [-0.15, -0.1) is 0 Å². The average Bonchev–Trinajstić information content (AvgIpc) is 2.85. The Labute approximate surface area is 206 Å². The van der Waals surface area contributed by atoms with Crippen LogP contribution in [0, 0.1) is 11.8 Å². The first-order chi connectivity index (χ1) is 16.3. The molecule has 0 N–H and O–H groups in total. The summed E-state index contributed by atoms with van der Waals surface area (Å²) >= 11 is 0. The van der Waals surface area contributed by atoms with Crippen molar-refractivity contribution in [2.75, 3.05) is 13.2 Å². The monoisotopic (exact) mass is 458 g/mol. The van der Waals surface area contributed by atoms with Crippen LogP contribution in [0.2, 0.25) is 0 Å². The van der Waals surface area contributed by atoms with Crippen LogP contribution in [-0.2, 0) is 0 Å². The fraction of sp³-hybridized carbons (Fsp3) is 0.806. The van der Waals surface area contributed by atoms with E-state index in [0.29, 0.717) is 0 Å². The van der Waals surface area contributed by atoms with Crippen LogP contribution < -0.4 is 9.47 Å². The number of rotatable bonds is 20. The third kappa shape index (κ3) is 14.0. The molecular formula is C31H54O2. The van der Waals surface area contributed by atoms with E-state index in [1.165, 1.54) is 116 Å². The first-order valence-electron chi connectivity index (χ1n) is 14.7. The molecule has 0 spiro atoms. The summed E-state index contributed by atoms with van der Waals surface area (Å²) in [6, 6.07) is 8.23. The van der Waals surface area contributed by atoms with Gasteiger partial charge in [0.2, 0.25) is 0 Å². The van der Waals surface area contributed by atoms with Gasteiger partial charge in [-0.3, -0.25) is 0 Å². The Balaban J connectivity index is 1.44. The molecule has 33 heavy (non-hydrogen) atoms. The molecule has 0 radical (unpaired) electrons. The smallest absolute Gasteiger partial charge is 0.119 e.